The molecule has 100 valence electrons. The van der Waals surface area contributed by atoms with E-state index in [2.05, 4.69) is 15.3 Å². The van der Waals surface area contributed by atoms with Crippen molar-refractivity contribution < 1.29 is 4.39 Å². The number of rotatable bonds is 3. The molecule has 0 saturated heterocycles. The molecule has 0 bridgehead atoms. The van der Waals surface area contributed by atoms with Crippen LogP contribution >= 0.6 is 0 Å². The molecule has 0 aliphatic heterocycles. The molecule has 1 aromatic carbocycles. The number of nitrogens with zero attached hydrogens (tertiary/aromatic N) is 2. The van der Waals surface area contributed by atoms with Crippen molar-refractivity contribution in [3.8, 4) is 0 Å². The molecule has 2 heterocycles. The molecule has 0 amide bonds. The summed E-state index contributed by atoms with van der Waals surface area (Å²) >= 11 is 0. The van der Waals surface area contributed by atoms with Crippen LogP contribution in [0.3, 0.4) is 0 Å². The summed E-state index contributed by atoms with van der Waals surface area (Å²) in [7, 11) is 1.82. The molecule has 1 N–H and O–H groups in total. The fraction of sp³-hybridized carbons (Fsp3) is 0.125. The van der Waals surface area contributed by atoms with E-state index in [4.69, 9.17) is 0 Å². The van der Waals surface area contributed by atoms with Crippen molar-refractivity contribution in [3.05, 3.63) is 71.9 Å². The van der Waals surface area contributed by atoms with Gasteiger partial charge in [0.25, 0.3) is 0 Å². The Balaban J connectivity index is 2.10. The van der Waals surface area contributed by atoms with Crippen LogP contribution in [0.4, 0.5) is 4.39 Å². The number of hydrogen-bond acceptors (Lipinski definition) is 3. The molecule has 0 radical (unpaired) electrons. The molecule has 2 aromatic heterocycles. The minimum atomic E-state index is -0.307. The lowest BCUT2D eigenvalue weighted by Crippen LogP contribution is -2.19. The zero-order valence-electron chi connectivity index (χ0n) is 11.0. The fourth-order valence-corrected chi connectivity index (χ4v) is 2.40. The SMILES string of the molecule is CNC(c1ccc2ncccc2c1)c1ccncc1F. The summed E-state index contributed by atoms with van der Waals surface area (Å²) in [6.07, 6.45) is 4.60. The second-order valence-corrected chi connectivity index (χ2v) is 4.57. The summed E-state index contributed by atoms with van der Waals surface area (Å²) in [6.45, 7) is 0. The van der Waals surface area contributed by atoms with Crippen molar-refractivity contribution >= 4 is 10.9 Å². The molecule has 0 aliphatic carbocycles. The van der Waals surface area contributed by atoms with E-state index in [0.29, 0.717) is 5.56 Å². The second kappa shape index (κ2) is 5.35. The summed E-state index contributed by atoms with van der Waals surface area (Å²) in [6, 6.07) is 11.3. The number of aromatic nitrogens is 2. The predicted molar refractivity (Wildman–Crippen MR) is 76.8 cm³/mol. The first-order chi connectivity index (χ1) is 9.79. The molecule has 0 fully saturated rings. The number of pyridine rings is 2. The Bertz CT molecular complexity index is 742. The predicted octanol–water partition coefficient (Wildman–Crippen LogP) is 3.08. The van der Waals surface area contributed by atoms with E-state index in [9.17, 15) is 4.39 Å². The van der Waals surface area contributed by atoms with Gasteiger partial charge >= 0.3 is 0 Å². The number of benzene rings is 1. The molecule has 3 nitrogen and oxygen atoms in total. The van der Waals surface area contributed by atoms with Gasteiger partial charge in [-0.25, -0.2) is 4.39 Å². The highest BCUT2D eigenvalue weighted by Crippen LogP contribution is 2.25. The van der Waals surface area contributed by atoms with Gasteiger partial charge in [0.2, 0.25) is 0 Å². The number of hydrogen-bond donors (Lipinski definition) is 1. The Labute approximate surface area is 116 Å². The molecule has 3 aromatic rings. The van der Waals surface area contributed by atoms with Gasteiger partial charge in [0, 0.05) is 23.3 Å². The third-order valence-corrected chi connectivity index (χ3v) is 3.36. The minimum absolute atomic E-state index is 0.206. The maximum atomic E-state index is 13.9. The van der Waals surface area contributed by atoms with Gasteiger partial charge in [0.1, 0.15) is 5.82 Å². The van der Waals surface area contributed by atoms with Crippen molar-refractivity contribution in [1.82, 2.24) is 15.3 Å². The Hall–Kier alpha value is -2.33. The zero-order chi connectivity index (χ0) is 13.9. The Kier molecular flexibility index (Phi) is 3.39. The Morgan fingerprint density at radius 2 is 2.05 bits per heavy atom. The molecule has 4 heteroatoms. The maximum Gasteiger partial charge on any atom is 0.146 e. The summed E-state index contributed by atoms with van der Waals surface area (Å²) in [5.41, 5.74) is 2.52. The molecular formula is C16H14FN3. The first kappa shape index (κ1) is 12.7. The van der Waals surface area contributed by atoms with Crippen LogP contribution in [0.5, 0.6) is 0 Å². The smallest absolute Gasteiger partial charge is 0.146 e. The maximum absolute atomic E-state index is 13.9. The summed E-state index contributed by atoms with van der Waals surface area (Å²) in [5, 5.41) is 4.19. The average Bonchev–Trinajstić information content (AvgIpc) is 2.50. The summed E-state index contributed by atoms with van der Waals surface area (Å²) in [4.78, 5) is 8.09. The molecular weight excluding hydrogens is 253 g/mol. The van der Waals surface area contributed by atoms with E-state index in [-0.39, 0.29) is 11.9 Å². The van der Waals surface area contributed by atoms with E-state index in [0.717, 1.165) is 16.5 Å². The number of nitrogens with one attached hydrogen (secondary N) is 1. The van der Waals surface area contributed by atoms with Crippen LogP contribution in [0.15, 0.2) is 55.0 Å². The van der Waals surface area contributed by atoms with Crippen LogP contribution in [0.25, 0.3) is 10.9 Å². The van der Waals surface area contributed by atoms with Gasteiger partial charge in [-0.2, -0.15) is 0 Å². The van der Waals surface area contributed by atoms with Crippen molar-refractivity contribution in [3.63, 3.8) is 0 Å². The van der Waals surface area contributed by atoms with E-state index >= 15 is 0 Å². The highest BCUT2D eigenvalue weighted by atomic mass is 19.1. The molecule has 1 atom stereocenters. The van der Waals surface area contributed by atoms with Crippen LogP contribution in [0, 0.1) is 5.82 Å². The summed E-state index contributed by atoms with van der Waals surface area (Å²) in [5.74, 6) is -0.307. The minimum Gasteiger partial charge on any atom is -0.309 e. The third-order valence-electron chi connectivity index (χ3n) is 3.36. The van der Waals surface area contributed by atoms with Gasteiger partial charge in [0.05, 0.1) is 17.8 Å². The molecule has 1 unspecified atom stereocenters. The fourth-order valence-electron chi connectivity index (χ4n) is 2.40. The first-order valence-corrected chi connectivity index (χ1v) is 6.41. The normalized spacial score (nSPS) is 12.5. The van der Waals surface area contributed by atoms with E-state index < -0.39 is 0 Å². The molecule has 3 rings (SSSR count). The second-order valence-electron chi connectivity index (χ2n) is 4.57. The van der Waals surface area contributed by atoms with Crippen LogP contribution in [0.1, 0.15) is 17.2 Å². The number of halogens is 1. The highest BCUT2D eigenvalue weighted by Gasteiger charge is 2.16. The van der Waals surface area contributed by atoms with Gasteiger partial charge in [-0.05, 0) is 36.9 Å². The van der Waals surface area contributed by atoms with E-state index in [1.54, 1.807) is 18.5 Å². The van der Waals surface area contributed by atoms with Crippen LogP contribution in [0.2, 0.25) is 0 Å². The van der Waals surface area contributed by atoms with Crippen molar-refractivity contribution in [2.45, 2.75) is 6.04 Å². The lowest BCUT2D eigenvalue weighted by atomic mass is 9.98. The molecule has 0 aliphatic rings. The lowest BCUT2D eigenvalue weighted by molar-refractivity contribution is 0.571. The van der Waals surface area contributed by atoms with Gasteiger partial charge in [-0.1, -0.05) is 12.1 Å². The topological polar surface area (TPSA) is 37.8 Å². The van der Waals surface area contributed by atoms with Gasteiger partial charge in [-0.3, -0.25) is 9.97 Å². The van der Waals surface area contributed by atoms with Crippen LogP contribution < -0.4 is 5.32 Å². The average molecular weight is 267 g/mol. The largest absolute Gasteiger partial charge is 0.309 e. The van der Waals surface area contributed by atoms with E-state index in [1.165, 1.54) is 6.20 Å². The van der Waals surface area contributed by atoms with Crippen molar-refractivity contribution in [2.24, 2.45) is 0 Å². The lowest BCUT2D eigenvalue weighted by Gasteiger charge is -2.18. The standard InChI is InChI=1S/C16H14FN3/c1-18-16(13-6-8-19-10-14(13)17)12-4-5-15-11(9-12)3-2-7-20-15/h2-10,16,18H,1H3. The zero-order valence-corrected chi connectivity index (χ0v) is 11.0. The van der Waals surface area contributed by atoms with Crippen molar-refractivity contribution in [1.29, 1.82) is 0 Å². The van der Waals surface area contributed by atoms with Gasteiger partial charge in [-0.15, -0.1) is 0 Å². The molecule has 20 heavy (non-hydrogen) atoms. The Morgan fingerprint density at radius 3 is 2.85 bits per heavy atom. The third kappa shape index (κ3) is 2.26. The quantitative estimate of drug-likeness (QED) is 0.792. The summed E-state index contributed by atoms with van der Waals surface area (Å²) < 4.78 is 13.9. The molecule has 0 spiro atoms. The monoisotopic (exact) mass is 267 g/mol. The van der Waals surface area contributed by atoms with E-state index in [1.807, 2.05) is 37.4 Å². The van der Waals surface area contributed by atoms with Gasteiger partial charge < -0.3 is 5.32 Å². The van der Waals surface area contributed by atoms with Gasteiger partial charge in [0.15, 0.2) is 0 Å². The number of fused-ring (bicyclic) bond motifs is 1. The van der Waals surface area contributed by atoms with Crippen LogP contribution in [-0.4, -0.2) is 17.0 Å². The molecule has 0 saturated carbocycles. The Morgan fingerprint density at radius 1 is 1.15 bits per heavy atom. The highest BCUT2D eigenvalue weighted by molar-refractivity contribution is 5.79. The van der Waals surface area contributed by atoms with Crippen LogP contribution in [-0.2, 0) is 0 Å². The first-order valence-electron chi connectivity index (χ1n) is 6.41. The van der Waals surface area contributed by atoms with Crippen molar-refractivity contribution in [2.75, 3.05) is 7.05 Å².